The zero-order chi connectivity index (χ0) is 35.6. The molecule has 0 spiro atoms. The second kappa shape index (κ2) is 12.3. The minimum absolute atomic E-state index is 0.912. The standard InChI is InChI=1S/C51H35N3/c1-3-14-34(15-4-1)35-16-13-17-38(30-35)43-33-51(52-46-23-10-7-20-40(43)46)54-48-25-12-9-22-42(48)45-32-37(27-29-50(45)54)36-26-28-49-44(31-36)41-21-8-11-24-47(41)53(49)39-18-5-2-6-19-39/h1-10,12-23,25-33H,11,24H2. The lowest BCUT2D eigenvalue weighted by Gasteiger charge is -2.14. The van der Waals surface area contributed by atoms with Crippen molar-refractivity contribution in [2.24, 2.45) is 0 Å². The van der Waals surface area contributed by atoms with E-state index < -0.39 is 0 Å². The van der Waals surface area contributed by atoms with Crippen molar-refractivity contribution in [3.8, 4) is 44.9 Å². The first-order valence-electron chi connectivity index (χ1n) is 18.8. The maximum Gasteiger partial charge on any atom is 0.138 e. The molecule has 0 radical (unpaired) electrons. The van der Waals surface area contributed by atoms with Crippen LogP contribution in [0.15, 0.2) is 182 Å². The number of hydrogen-bond donors (Lipinski definition) is 0. The molecule has 3 heteroatoms. The molecule has 54 heavy (non-hydrogen) atoms. The van der Waals surface area contributed by atoms with Crippen LogP contribution in [-0.2, 0) is 6.42 Å². The van der Waals surface area contributed by atoms with Crippen molar-refractivity contribution in [2.75, 3.05) is 0 Å². The summed E-state index contributed by atoms with van der Waals surface area (Å²) in [6.07, 6.45) is 6.75. The Hall–Kier alpha value is -6.97. The van der Waals surface area contributed by atoms with Crippen LogP contribution in [0.1, 0.15) is 17.7 Å². The first-order valence-corrected chi connectivity index (χ1v) is 18.8. The van der Waals surface area contributed by atoms with Crippen LogP contribution < -0.4 is 0 Å². The van der Waals surface area contributed by atoms with Gasteiger partial charge in [-0.05, 0) is 107 Å². The molecule has 10 aromatic rings. The molecule has 0 N–H and O–H groups in total. The third-order valence-electron chi connectivity index (χ3n) is 11.2. The van der Waals surface area contributed by atoms with Crippen molar-refractivity contribution < 1.29 is 0 Å². The van der Waals surface area contributed by atoms with E-state index in [1.165, 1.54) is 72.0 Å². The van der Waals surface area contributed by atoms with Crippen molar-refractivity contribution in [1.82, 2.24) is 14.1 Å². The number of hydrogen-bond acceptors (Lipinski definition) is 1. The van der Waals surface area contributed by atoms with Crippen LogP contribution in [0.4, 0.5) is 0 Å². The number of rotatable bonds is 5. The lowest BCUT2D eigenvalue weighted by Crippen LogP contribution is -2.02. The predicted molar refractivity (Wildman–Crippen MR) is 227 cm³/mol. The lowest BCUT2D eigenvalue weighted by molar-refractivity contribution is 0.888. The molecule has 254 valence electrons. The van der Waals surface area contributed by atoms with Gasteiger partial charge in [-0.3, -0.25) is 4.57 Å². The molecular formula is C51H35N3. The summed E-state index contributed by atoms with van der Waals surface area (Å²) < 4.78 is 4.80. The predicted octanol–water partition coefficient (Wildman–Crippen LogP) is 13.2. The third kappa shape index (κ3) is 4.86. The Morgan fingerprint density at radius 3 is 1.89 bits per heavy atom. The smallest absolute Gasteiger partial charge is 0.138 e. The molecule has 11 rings (SSSR count). The summed E-state index contributed by atoms with van der Waals surface area (Å²) in [5.74, 6) is 0.912. The van der Waals surface area contributed by atoms with Gasteiger partial charge in [0.1, 0.15) is 5.82 Å². The maximum absolute atomic E-state index is 5.32. The Morgan fingerprint density at radius 2 is 1.06 bits per heavy atom. The highest BCUT2D eigenvalue weighted by Gasteiger charge is 2.20. The van der Waals surface area contributed by atoms with E-state index in [0.717, 1.165) is 40.6 Å². The third-order valence-corrected chi connectivity index (χ3v) is 11.2. The molecule has 0 atom stereocenters. The van der Waals surface area contributed by atoms with Crippen molar-refractivity contribution in [1.29, 1.82) is 0 Å². The van der Waals surface area contributed by atoms with Crippen molar-refractivity contribution in [2.45, 2.75) is 12.8 Å². The van der Waals surface area contributed by atoms with E-state index in [1.807, 2.05) is 0 Å². The Balaban J connectivity index is 1.08. The van der Waals surface area contributed by atoms with Crippen molar-refractivity contribution in [3.63, 3.8) is 0 Å². The average Bonchev–Trinajstić information content (AvgIpc) is 3.76. The zero-order valence-corrected chi connectivity index (χ0v) is 29.7. The maximum atomic E-state index is 5.32. The summed E-state index contributed by atoms with van der Waals surface area (Å²) in [5.41, 5.74) is 15.7. The Labute approximate surface area is 313 Å². The highest BCUT2D eigenvalue weighted by molar-refractivity contribution is 6.11. The Bertz CT molecular complexity index is 3090. The molecule has 0 saturated carbocycles. The molecule has 0 saturated heterocycles. The first kappa shape index (κ1) is 30.6. The summed E-state index contributed by atoms with van der Waals surface area (Å²) in [4.78, 5) is 5.32. The van der Waals surface area contributed by atoms with Gasteiger partial charge in [0.05, 0.1) is 22.1 Å². The van der Waals surface area contributed by atoms with E-state index in [-0.39, 0.29) is 0 Å². The number of allylic oxidation sites excluding steroid dienone is 1. The van der Waals surface area contributed by atoms with E-state index in [1.54, 1.807) is 0 Å². The number of para-hydroxylation sites is 3. The number of aromatic nitrogens is 3. The van der Waals surface area contributed by atoms with E-state index in [4.69, 9.17) is 4.98 Å². The van der Waals surface area contributed by atoms with Gasteiger partial charge >= 0.3 is 0 Å². The quantitative estimate of drug-likeness (QED) is 0.176. The molecule has 0 fully saturated rings. The van der Waals surface area contributed by atoms with Crippen LogP contribution >= 0.6 is 0 Å². The van der Waals surface area contributed by atoms with Gasteiger partial charge in [0.2, 0.25) is 0 Å². The van der Waals surface area contributed by atoms with Gasteiger partial charge in [-0.15, -0.1) is 0 Å². The van der Waals surface area contributed by atoms with Crippen LogP contribution in [0, 0.1) is 0 Å². The van der Waals surface area contributed by atoms with Crippen LogP contribution in [0.2, 0.25) is 0 Å². The fraction of sp³-hybridized carbons (Fsp3) is 0.0392. The molecular weight excluding hydrogens is 655 g/mol. The van der Waals surface area contributed by atoms with Crippen LogP contribution in [0.5, 0.6) is 0 Å². The molecule has 3 nitrogen and oxygen atoms in total. The fourth-order valence-electron chi connectivity index (χ4n) is 8.68. The number of benzene rings is 7. The summed E-state index contributed by atoms with van der Waals surface area (Å²) in [7, 11) is 0. The molecule has 1 aliphatic rings. The summed E-state index contributed by atoms with van der Waals surface area (Å²) >= 11 is 0. The van der Waals surface area contributed by atoms with E-state index in [0.29, 0.717) is 0 Å². The van der Waals surface area contributed by atoms with Gasteiger partial charge in [0.25, 0.3) is 0 Å². The second-order valence-electron chi connectivity index (χ2n) is 14.3. The van der Waals surface area contributed by atoms with Gasteiger partial charge in [-0.25, -0.2) is 4.98 Å². The van der Waals surface area contributed by atoms with Crippen molar-refractivity contribution in [3.05, 3.63) is 193 Å². The van der Waals surface area contributed by atoms with Gasteiger partial charge in [-0.2, -0.15) is 0 Å². The molecule has 1 aliphatic carbocycles. The molecule has 3 heterocycles. The summed E-state index contributed by atoms with van der Waals surface area (Å²) in [6, 6.07) is 63.7. The Kier molecular flexibility index (Phi) is 6.99. The number of fused-ring (bicyclic) bond motifs is 7. The highest BCUT2D eigenvalue weighted by atomic mass is 15.1. The SMILES string of the molecule is C1=Cc2c(n(-c3ccccc3)c3ccc(-c4ccc5c(c4)c4ccccc4n5-c4cc(-c5cccc(-c6ccccc6)c5)c5ccccc5n4)cc23)CC1. The zero-order valence-electron chi connectivity index (χ0n) is 29.7. The number of nitrogens with zero attached hydrogens (tertiary/aromatic N) is 3. The molecule has 0 aliphatic heterocycles. The van der Waals surface area contributed by atoms with Crippen molar-refractivity contribution >= 4 is 49.7 Å². The average molecular weight is 690 g/mol. The van der Waals surface area contributed by atoms with E-state index in [2.05, 4.69) is 197 Å². The van der Waals surface area contributed by atoms with Gasteiger partial charge < -0.3 is 4.57 Å². The topological polar surface area (TPSA) is 22.8 Å². The van der Waals surface area contributed by atoms with E-state index >= 15 is 0 Å². The summed E-state index contributed by atoms with van der Waals surface area (Å²) in [6.45, 7) is 0. The first-order chi connectivity index (χ1) is 26.8. The van der Waals surface area contributed by atoms with Crippen LogP contribution in [0.3, 0.4) is 0 Å². The highest BCUT2D eigenvalue weighted by Crippen LogP contribution is 2.40. The largest absolute Gasteiger partial charge is 0.313 e. The minimum Gasteiger partial charge on any atom is -0.313 e. The van der Waals surface area contributed by atoms with Crippen LogP contribution in [0.25, 0.3) is 94.6 Å². The minimum atomic E-state index is 0.912. The monoisotopic (exact) mass is 689 g/mol. The van der Waals surface area contributed by atoms with Crippen LogP contribution in [-0.4, -0.2) is 14.1 Å². The molecule has 7 aromatic carbocycles. The second-order valence-corrected chi connectivity index (χ2v) is 14.3. The normalized spacial score (nSPS) is 12.6. The van der Waals surface area contributed by atoms with Gasteiger partial charge in [-0.1, -0.05) is 127 Å². The van der Waals surface area contributed by atoms with Gasteiger partial charge in [0.15, 0.2) is 0 Å². The molecule has 0 unspecified atom stereocenters. The van der Waals surface area contributed by atoms with E-state index in [9.17, 15) is 0 Å². The number of pyridine rings is 1. The van der Waals surface area contributed by atoms with Gasteiger partial charge in [0, 0.05) is 38.5 Å². The lowest BCUT2D eigenvalue weighted by atomic mass is 9.96. The molecule has 3 aromatic heterocycles. The summed E-state index contributed by atoms with van der Waals surface area (Å²) in [5, 5.41) is 4.88. The fourth-order valence-corrected chi connectivity index (χ4v) is 8.68. The molecule has 0 amide bonds. The molecule has 0 bridgehead atoms. The Morgan fingerprint density at radius 1 is 0.426 bits per heavy atom.